The summed E-state index contributed by atoms with van der Waals surface area (Å²) >= 11 is 0. The molecule has 1 aliphatic rings. The first-order chi connectivity index (χ1) is 12.1. The summed E-state index contributed by atoms with van der Waals surface area (Å²) in [7, 11) is 0. The van der Waals surface area contributed by atoms with Gasteiger partial charge in [0.05, 0.1) is 16.8 Å². The summed E-state index contributed by atoms with van der Waals surface area (Å²) in [5.41, 5.74) is 2.14. The molecule has 4 aromatic rings. The zero-order chi connectivity index (χ0) is 17.1. The van der Waals surface area contributed by atoms with E-state index in [4.69, 9.17) is 4.42 Å². The Morgan fingerprint density at radius 3 is 2.40 bits per heavy atom. The molecular weight excluding hydrogens is 321 g/mol. The summed E-state index contributed by atoms with van der Waals surface area (Å²) in [5.74, 6) is -1.52. The van der Waals surface area contributed by atoms with Gasteiger partial charge in [-0.2, -0.15) is 0 Å². The van der Waals surface area contributed by atoms with Crippen LogP contribution in [0.15, 0.2) is 65.1 Å². The highest BCUT2D eigenvalue weighted by Crippen LogP contribution is 2.34. The van der Waals surface area contributed by atoms with E-state index in [1.807, 2.05) is 24.3 Å². The van der Waals surface area contributed by atoms with E-state index < -0.39 is 17.6 Å². The number of para-hydroxylation sites is 1. The van der Waals surface area contributed by atoms with Crippen LogP contribution >= 0.6 is 0 Å². The van der Waals surface area contributed by atoms with E-state index in [0.29, 0.717) is 11.3 Å². The lowest BCUT2D eigenvalue weighted by Crippen LogP contribution is -2.29. The van der Waals surface area contributed by atoms with Gasteiger partial charge < -0.3 is 4.42 Å². The molecule has 0 fully saturated rings. The van der Waals surface area contributed by atoms with Gasteiger partial charge in [-0.25, -0.2) is 9.29 Å². The van der Waals surface area contributed by atoms with Crippen LogP contribution in [0, 0.1) is 5.82 Å². The van der Waals surface area contributed by atoms with Crippen molar-refractivity contribution in [1.82, 2.24) is 0 Å². The molecule has 0 atom stereocenters. The third-order valence-electron chi connectivity index (χ3n) is 4.47. The van der Waals surface area contributed by atoms with Crippen LogP contribution in [0.2, 0.25) is 0 Å². The van der Waals surface area contributed by atoms with Crippen LogP contribution in [0.1, 0.15) is 20.7 Å². The Hall–Kier alpha value is -3.47. The first kappa shape index (κ1) is 13.9. The molecule has 2 amide bonds. The van der Waals surface area contributed by atoms with Crippen molar-refractivity contribution < 1.29 is 18.4 Å². The van der Waals surface area contributed by atoms with E-state index in [1.54, 1.807) is 18.2 Å². The Morgan fingerprint density at radius 1 is 0.760 bits per heavy atom. The predicted molar refractivity (Wildman–Crippen MR) is 91.3 cm³/mol. The number of amides is 2. The second-order valence-corrected chi connectivity index (χ2v) is 5.91. The van der Waals surface area contributed by atoms with E-state index in [1.165, 1.54) is 12.1 Å². The monoisotopic (exact) mass is 331 g/mol. The van der Waals surface area contributed by atoms with Gasteiger partial charge >= 0.3 is 0 Å². The number of furan rings is 1. The van der Waals surface area contributed by atoms with Crippen molar-refractivity contribution >= 4 is 39.4 Å². The Morgan fingerprint density at radius 2 is 1.52 bits per heavy atom. The molecule has 1 aliphatic heterocycles. The molecule has 1 aromatic heterocycles. The molecule has 0 spiro atoms. The van der Waals surface area contributed by atoms with Gasteiger partial charge in [-0.1, -0.05) is 18.2 Å². The average molecular weight is 331 g/mol. The summed E-state index contributed by atoms with van der Waals surface area (Å²) in [5, 5.41) is 1.72. The highest BCUT2D eigenvalue weighted by molar-refractivity contribution is 6.34. The number of hydrogen-bond donors (Lipinski definition) is 0. The second-order valence-electron chi connectivity index (χ2n) is 5.91. The van der Waals surface area contributed by atoms with Gasteiger partial charge in [0.2, 0.25) is 0 Å². The molecule has 2 heterocycles. The maximum absolute atomic E-state index is 13.4. The van der Waals surface area contributed by atoms with Crippen molar-refractivity contribution in [1.29, 1.82) is 0 Å². The molecule has 0 unspecified atom stereocenters. The van der Waals surface area contributed by atoms with Gasteiger partial charge in [0.25, 0.3) is 11.8 Å². The number of halogens is 1. The van der Waals surface area contributed by atoms with Crippen molar-refractivity contribution in [2.24, 2.45) is 0 Å². The van der Waals surface area contributed by atoms with Gasteiger partial charge in [-0.15, -0.1) is 0 Å². The van der Waals surface area contributed by atoms with Gasteiger partial charge in [-0.05, 0) is 42.5 Å². The second kappa shape index (κ2) is 4.77. The number of carbonyl (C=O) groups excluding carboxylic acids is 2. The van der Waals surface area contributed by atoms with E-state index in [0.717, 1.165) is 27.3 Å². The molecule has 0 saturated carbocycles. The molecule has 0 bridgehead atoms. The zero-order valence-electron chi connectivity index (χ0n) is 12.8. The molecular formula is C20H10FNO3. The number of rotatable bonds is 1. The van der Waals surface area contributed by atoms with Crippen LogP contribution in [-0.4, -0.2) is 11.8 Å². The minimum atomic E-state index is -0.543. The van der Waals surface area contributed by atoms with Gasteiger partial charge in [0, 0.05) is 10.8 Å². The SMILES string of the molecule is O=C1c2ccc(F)cc2C(=O)N1c1ccc2oc3ccccc3c2c1. The number of fused-ring (bicyclic) bond motifs is 4. The predicted octanol–water partition coefficient (Wildman–Crippen LogP) is 4.53. The molecule has 5 heteroatoms. The molecule has 0 N–H and O–H groups in total. The highest BCUT2D eigenvalue weighted by Gasteiger charge is 2.37. The fraction of sp³-hybridized carbons (Fsp3) is 0. The van der Waals surface area contributed by atoms with Crippen LogP contribution in [0.4, 0.5) is 10.1 Å². The number of benzene rings is 3. The van der Waals surface area contributed by atoms with Crippen LogP contribution in [0.5, 0.6) is 0 Å². The zero-order valence-corrected chi connectivity index (χ0v) is 12.8. The van der Waals surface area contributed by atoms with Crippen LogP contribution in [-0.2, 0) is 0 Å². The highest BCUT2D eigenvalue weighted by atomic mass is 19.1. The molecule has 3 aromatic carbocycles. The van der Waals surface area contributed by atoms with Crippen molar-refractivity contribution in [3.8, 4) is 0 Å². The van der Waals surface area contributed by atoms with Crippen molar-refractivity contribution in [3.05, 3.63) is 77.6 Å². The summed E-state index contributed by atoms with van der Waals surface area (Å²) in [6.45, 7) is 0. The van der Waals surface area contributed by atoms with Crippen LogP contribution in [0.3, 0.4) is 0 Å². The molecule has 0 radical (unpaired) electrons. The third kappa shape index (κ3) is 1.86. The van der Waals surface area contributed by atoms with Gasteiger partial charge in [0.15, 0.2) is 0 Å². The molecule has 0 aliphatic carbocycles. The molecule has 5 rings (SSSR count). The number of carbonyl (C=O) groups is 2. The molecule has 25 heavy (non-hydrogen) atoms. The van der Waals surface area contributed by atoms with Crippen LogP contribution < -0.4 is 4.90 Å². The van der Waals surface area contributed by atoms with Gasteiger partial charge in [0.1, 0.15) is 17.0 Å². The maximum atomic E-state index is 13.4. The lowest BCUT2D eigenvalue weighted by atomic mass is 10.1. The molecule has 0 saturated heterocycles. The van der Waals surface area contributed by atoms with Gasteiger partial charge in [-0.3, -0.25) is 9.59 Å². The summed E-state index contributed by atoms with van der Waals surface area (Å²) in [6.07, 6.45) is 0. The Balaban J connectivity index is 1.70. The Bertz CT molecular complexity index is 1210. The van der Waals surface area contributed by atoms with E-state index in [9.17, 15) is 14.0 Å². The standard InChI is InChI=1S/C20H10FNO3/c21-11-5-7-14-16(9-11)20(24)22(19(14)23)12-6-8-18-15(10-12)13-3-1-2-4-17(13)25-18/h1-10H. The van der Waals surface area contributed by atoms with E-state index >= 15 is 0 Å². The number of anilines is 1. The number of hydrogen-bond acceptors (Lipinski definition) is 3. The van der Waals surface area contributed by atoms with E-state index in [2.05, 4.69) is 0 Å². The minimum absolute atomic E-state index is 0.0853. The Labute approximate surface area is 141 Å². The first-order valence-electron chi connectivity index (χ1n) is 7.73. The number of nitrogens with zero attached hydrogens (tertiary/aromatic N) is 1. The third-order valence-corrected chi connectivity index (χ3v) is 4.47. The molecule has 120 valence electrons. The molecule has 4 nitrogen and oxygen atoms in total. The average Bonchev–Trinajstić information content (AvgIpc) is 3.10. The van der Waals surface area contributed by atoms with Crippen LogP contribution in [0.25, 0.3) is 21.9 Å². The largest absolute Gasteiger partial charge is 0.456 e. The fourth-order valence-corrected chi connectivity index (χ4v) is 3.30. The smallest absolute Gasteiger partial charge is 0.266 e. The lowest BCUT2D eigenvalue weighted by molar-refractivity contribution is 0.0926. The minimum Gasteiger partial charge on any atom is -0.456 e. The topological polar surface area (TPSA) is 50.5 Å². The van der Waals surface area contributed by atoms with Crippen molar-refractivity contribution in [2.75, 3.05) is 4.90 Å². The Kier molecular flexibility index (Phi) is 2.65. The number of imide groups is 1. The van der Waals surface area contributed by atoms with Crippen molar-refractivity contribution in [2.45, 2.75) is 0 Å². The quantitative estimate of drug-likeness (QED) is 0.482. The summed E-state index contributed by atoms with van der Waals surface area (Å²) in [6, 6.07) is 16.3. The first-order valence-corrected chi connectivity index (χ1v) is 7.73. The summed E-state index contributed by atoms with van der Waals surface area (Å²) in [4.78, 5) is 26.3. The normalized spacial score (nSPS) is 13.9. The maximum Gasteiger partial charge on any atom is 0.266 e. The van der Waals surface area contributed by atoms with Crippen molar-refractivity contribution in [3.63, 3.8) is 0 Å². The lowest BCUT2D eigenvalue weighted by Gasteiger charge is -2.13. The summed E-state index contributed by atoms with van der Waals surface area (Å²) < 4.78 is 19.2. The fourth-order valence-electron chi connectivity index (χ4n) is 3.30. The van der Waals surface area contributed by atoms with E-state index in [-0.39, 0.29) is 11.1 Å².